The fourth-order valence-corrected chi connectivity index (χ4v) is 4.78. The first-order chi connectivity index (χ1) is 18.9. The van der Waals surface area contributed by atoms with Crippen LogP contribution >= 0.6 is 0 Å². The van der Waals surface area contributed by atoms with E-state index in [9.17, 15) is 14.7 Å². The number of anilines is 1. The Balaban J connectivity index is 1.57. The molecule has 1 unspecified atom stereocenters. The molecule has 6 nitrogen and oxygen atoms in total. The molecular weight excluding hydrogens is 490 g/mol. The number of ether oxygens (including phenoxy) is 2. The second kappa shape index (κ2) is 10.9. The van der Waals surface area contributed by atoms with Gasteiger partial charge < -0.3 is 14.6 Å². The number of methoxy groups -OCH3 is 1. The molecule has 4 aromatic rings. The quantitative estimate of drug-likeness (QED) is 0.171. The lowest BCUT2D eigenvalue weighted by atomic mass is 9.94. The Hall–Kier alpha value is -4.84. The van der Waals surface area contributed by atoms with Crippen LogP contribution in [-0.2, 0) is 16.2 Å². The van der Waals surface area contributed by atoms with Gasteiger partial charge in [-0.3, -0.25) is 14.5 Å². The molecule has 6 heteroatoms. The van der Waals surface area contributed by atoms with Gasteiger partial charge in [0.25, 0.3) is 11.7 Å². The number of carbonyl (C=O) groups is 2. The topological polar surface area (TPSA) is 76.1 Å². The minimum absolute atomic E-state index is 0.0196. The van der Waals surface area contributed by atoms with Gasteiger partial charge in [0.15, 0.2) is 0 Å². The number of hydrogen-bond acceptors (Lipinski definition) is 5. The number of nitrogens with zero attached hydrogens (tertiary/aromatic N) is 1. The van der Waals surface area contributed by atoms with Gasteiger partial charge in [0, 0.05) is 11.3 Å². The van der Waals surface area contributed by atoms with Gasteiger partial charge in [0.1, 0.15) is 23.9 Å². The maximum atomic E-state index is 13.5. The smallest absolute Gasteiger partial charge is 0.300 e. The second-order valence-corrected chi connectivity index (χ2v) is 9.54. The van der Waals surface area contributed by atoms with Gasteiger partial charge in [-0.2, -0.15) is 0 Å². The van der Waals surface area contributed by atoms with E-state index in [1.165, 1.54) is 4.90 Å². The summed E-state index contributed by atoms with van der Waals surface area (Å²) in [5.41, 5.74) is 4.52. The second-order valence-electron chi connectivity index (χ2n) is 9.54. The van der Waals surface area contributed by atoms with E-state index < -0.39 is 17.7 Å². The Labute approximate surface area is 227 Å². The molecule has 0 aliphatic carbocycles. The molecule has 1 N–H and O–H groups in total. The number of benzene rings is 4. The van der Waals surface area contributed by atoms with Gasteiger partial charge in [-0.05, 0) is 73.0 Å². The lowest BCUT2D eigenvalue weighted by Gasteiger charge is -2.26. The van der Waals surface area contributed by atoms with Crippen LogP contribution in [0, 0.1) is 13.8 Å². The van der Waals surface area contributed by atoms with E-state index >= 15 is 0 Å². The molecule has 1 saturated heterocycles. The Bertz CT molecular complexity index is 1560. The summed E-state index contributed by atoms with van der Waals surface area (Å²) in [5.74, 6) is -0.443. The first kappa shape index (κ1) is 25.8. The highest BCUT2D eigenvalue weighted by Crippen LogP contribution is 2.43. The number of aryl methyl sites for hydroxylation is 2. The molecule has 1 heterocycles. The fraction of sp³-hybridized carbons (Fsp3) is 0.152. The average Bonchev–Trinajstić information content (AvgIpc) is 3.23. The van der Waals surface area contributed by atoms with Crippen LogP contribution in [-0.4, -0.2) is 23.9 Å². The molecule has 1 aliphatic rings. The number of aliphatic hydroxyl groups is 1. The van der Waals surface area contributed by atoms with Crippen LogP contribution in [0.3, 0.4) is 0 Å². The van der Waals surface area contributed by atoms with Crippen molar-refractivity contribution in [1.29, 1.82) is 0 Å². The van der Waals surface area contributed by atoms with Crippen molar-refractivity contribution in [2.24, 2.45) is 0 Å². The molecule has 5 rings (SSSR count). The van der Waals surface area contributed by atoms with E-state index in [2.05, 4.69) is 0 Å². The highest BCUT2D eigenvalue weighted by atomic mass is 16.5. The summed E-state index contributed by atoms with van der Waals surface area (Å²) in [5, 5.41) is 11.5. The standard InChI is InChI=1S/C33H29NO5/c1-21-12-15-26(16-13-21)34-30(24-10-7-11-27(19-24)38-3)29(32(36)33(34)37)31(35)25-14-17-28(22(2)18-25)39-20-23-8-5-4-6-9-23/h4-19,30,35H,20H2,1-3H3/b31-29-. The normalized spacial score (nSPS) is 16.4. The zero-order valence-electron chi connectivity index (χ0n) is 22.0. The van der Waals surface area contributed by atoms with E-state index in [4.69, 9.17) is 9.47 Å². The van der Waals surface area contributed by atoms with E-state index in [0.717, 1.165) is 16.7 Å². The third-order valence-corrected chi connectivity index (χ3v) is 6.85. The first-order valence-corrected chi connectivity index (χ1v) is 12.7. The van der Waals surface area contributed by atoms with Crippen molar-refractivity contribution in [3.05, 3.63) is 130 Å². The highest BCUT2D eigenvalue weighted by molar-refractivity contribution is 6.51. The van der Waals surface area contributed by atoms with Crippen LogP contribution in [0.1, 0.15) is 33.9 Å². The molecule has 196 valence electrons. The number of ketones is 1. The van der Waals surface area contributed by atoms with Gasteiger partial charge in [0.2, 0.25) is 0 Å². The highest BCUT2D eigenvalue weighted by Gasteiger charge is 2.47. The summed E-state index contributed by atoms with van der Waals surface area (Å²) >= 11 is 0. The molecule has 1 fully saturated rings. The van der Waals surface area contributed by atoms with Crippen molar-refractivity contribution in [3.8, 4) is 11.5 Å². The summed E-state index contributed by atoms with van der Waals surface area (Å²) in [7, 11) is 1.56. The van der Waals surface area contributed by atoms with Crippen LogP contribution < -0.4 is 14.4 Å². The van der Waals surface area contributed by atoms with Crippen molar-refractivity contribution >= 4 is 23.1 Å². The number of amides is 1. The van der Waals surface area contributed by atoms with Crippen LogP contribution in [0.5, 0.6) is 11.5 Å². The Kier molecular flexibility index (Phi) is 7.19. The SMILES string of the molecule is COc1cccc(C2/C(=C(/O)c3ccc(OCc4ccccc4)c(C)c3)C(=O)C(=O)N2c2ccc(C)cc2)c1. The summed E-state index contributed by atoms with van der Waals surface area (Å²) < 4.78 is 11.4. The van der Waals surface area contributed by atoms with Gasteiger partial charge in [-0.25, -0.2) is 0 Å². The van der Waals surface area contributed by atoms with Crippen LogP contribution in [0.25, 0.3) is 5.76 Å². The van der Waals surface area contributed by atoms with Crippen molar-refractivity contribution in [3.63, 3.8) is 0 Å². The predicted octanol–water partition coefficient (Wildman–Crippen LogP) is 6.52. The molecule has 0 saturated carbocycles. The van der Waals surface area contributed by atoms with Crippen LogP contribution in [0.2, 0.25) is 0 Å². The molecule has 1 aliphatic heterocycles. The van der Waals surface area contributed by atoms with Crippen LogP contribution in [0.15, 0.2) is 103 Å². The molecule has 0 aromatic heterocycles. The van der Waals surface area contributed by atoms with Gasteiger partial charge in [-0.1, -0.05) is 60.2 Å². The number of rotatable bonds is 7. The van der Waals surface area contributed by atoms with Crippen molar-refractivity contribution in [2.75, 3.05) is 12.0 Å². The Morgan fingerprint density at radius 1 is 0.872 bits per heavy atom. The van der Waals surface area contributed by atoms with Crippen molar-refractivity contribution in [1.82, 2.24) is 0 Å². The maximum absolute atomic E-state index is 13.5. The predicted molar refractivity (Wildman–Crippen MR) is 151 cm³/mol. The number of hydrogen-bond donors (Lipinski definition) is 1. The zero-order valence-corrected chi connectivity index (χ0v) is 22.0. The number of carbonyl (C=O) groups excluding carboxylic acids is 2. The van der Waals surface area contributed by atoms with Crippen molar-refractivity contribution < 1.29 is 24.2 Å². The van der Waals surface area contributed by atoms with Crippen molar-refractivity contribution in [2.45, 2.75) is 26.5 Å². The molecule has 1 atom stereocenters. The van der Waals surface area contributed by atoms with E-state index in [1.807, 2.05) is 62.4 Å². The molecular formula is C33H29NO5. The third kappa shape index (κ3) is 5.14. The maximum Gasteiger partial charge on any atom is 0.300 e. The zero-order chi connectivity index (χ0) is 27.5. The van der Waals surface area contributed by atoms with Gasteiger partial charge >= 0.3 is 0 Å². The summed E-state index contributed by atoms with van der Waals surface area (Å²) in [6, 6.07) is 28.8. The summed E-state index contributed by atoms with van der Waals surface area (Å²) in [6.45, 7) is 4.24. The van der Waals surface area contributed by atoms with Gasteiger partial charge in [0.05, 0.1) is 18.7 Å². The Morgan fingerprint density at radius 2 is 1.62 bits per heavy atom. The molecule has 1 amide bonds. The molecule has 0 spiro atoms. The molecule has 39 heavy (non-hydrogen) atoms. The summed E-state index contributed by atoms with van der Waals surface area (Å²) in [6.07, 6.45) is 0. The third-order valence-electron chi connectivity index (χ3n) is 6.85. The lowest BCUT2D eigenvalue weighted by molar-refractivity contribution is -0.132. The molecule has 4 aromatic carbocycles. The van der Waals surface area contributed by atoms with E-state index in [0.29, 0.717) is 34.9 Å². The number of Topliss-reactive ketones (excluding diaryl/α,β-unsaturated/α-hetero) is 1. The molecule has 0 bridgehead atoms. The largest absolute Gasteiger partial charge is 0.507 e. The van der Waals surface area contributed by atoms with Gasteiger partial charge in [-0.15, -0.1) is 0 Å². The number of aliphatic hydroxyl groups excluding tert-OH is 1. The van der Waals surface area contributed by atoms with E-state index in [-0.39, 0.29) is 11.3 Å². The Morgan fingerprint density at radius 3 is 2.31 bits per heavy atom. The fourth-order valence-electron chi connectivity index (χ4n) is 4.78. The monoisotopic (exact) mass is 519 g/mol. The first-order valence-electron chi connectivity index (χ1n) is 12.7. The summed E-state index contributed by atoms with van der Waals surface area (Å²) in [4.78, 5) is 28.3. The minimum atomic E-state index is -0.836. The van der Waals surface area contributed by atoms with Crippen LogP contribution in [0.4, 0.5) is 5.69 Å². The minimum Gasteiger partial charge on any atom is -0.507 e. The lowest BCUT2D eigenvalue weighted by Crippen LogP contribution is -2.29. The molecule has 0 radical (unpaired) electrons. The van der Waals surface area contributed by atoms with E-state index in [1.54, 1.807) is 55.6 Å². The average molecular weight is 520 g/mol.